The van der Waals surface area contributed by atoms with E-state index in [1.807, 2.05) is 30.3 Å². The Labute approximate surface area is 118 Å². The Morgan fingerprint density at radius 2 is 2.30 bits per heavy atom. The molecule has 7 heteroatoms. The number of nitrogens with zero attached hydrogens (tertiary/aromatic N) is 4. The van der Waals surface area contributed by atoms with Crippen molar-refractivity contribution >= 4 is 11.3 Å². The predicted octanol–water partition coefficient (Wildman–Crippen LogP) is 2.38. The fourth-order valence-corrected chi connectivity index (χ4v) is 2.22. The largest absolute Gasteiger partial charge is 0.488 e. The molecule has 6 nitrogen and oxygen atoms in total. The van der Waals surface area contributed by atoms with Gasteiger partial charge in [-0.15, -0.1) is 16.4 Å². The van der Waals surface area contributed by atoms with Crippen LogP contribution in [0.2, 0.25) is 0 Å². The molecule has 3 aromatic rings. The van der Waals surface area contributed by atoms with Gasteiger partial charge in [0, 0.05) is 11.8 Å². The Hall–Kier alpha value is -2.72. The van der Waals surface area contributed by atoms with Crippen LogP contribution in [0.15, 0.2) is 36.0 Å². The molecule has 1 aromatic carbocycles. The fraction of sp³-hybridized carbons (Fsp3) is 0.0769. The van der Waals surface area contributed by atoms with Gasteiger partial charge in [0.2, 0.25) is 0 Å². The minimum absolute atomic E-state index is 0.268. The van der Waals surface area contributed by atoms with Crippen LogP contribution in [0.3, 0.4) is 0 Å². The normalized spacial score (nSPS) is 10.2. The first-order valence-corrected chi connectivity index (χ1v) is 6.66. The van der Waals surface area contributed by atoms with Crippen molar-refractivity contribution in [3.8, 4) is 23.1 Å². The zero-order valence-corrected chi connectivity index (χ0v) is 11.1. The molecule has 0 amide bonds. The van der Waals surface area contributed by atoms with E-state index in [2.05, 4.69) is 20.4 Å². The average molecular weight is 283 g/mol. The lowest BCUT2D eigenvalue weighted by Crippen LogP contribution is -1.93. The third-order valence-corrected chi connectivity index (χ3v) is 3.38. The number of hydrogen-bond acceptors (Lipinski definition) is 6. The predicted molar refractivity (Wildman–Crippen MR) is 73.0 cm³/mol. The molecule has 1 N–H and O–H groups in total. The first-order valence-electron chi connectivity index (χ1n) is 5.78. The summed E-state index contributed by atoms with van der Waals surface area (Å²) < 4.78 is 5.69. The van der Waals surface area contributed by atoms with E-state index in [1.165, 1.54) is 0 Å². The van der Waals surface area contributed by atoms with Crippen molar-refractivity contribution in [2.24, 2.45) is 0 Å². The van der Waals surface area contributed by atoms with E-state index in [0.717, 1.165) is 10.4 Å². The van der Waals surface area contributed by atoms with E-state index < -0.39 is 0 Å². The van der Waals surface area contributed by atoms with Crippen LogP contribution in [-0.2, 0) is 6.61 Å². The van der Waals surface area contributed by atoms with Crippen LogP contribution in [0.1, 0.15) is 10.6 Å². The van der Waals surface area contributed by atoms with Gasteiger partial charge < -0.3 is 4.74 Å². The second-order valence-electron chi connectivity index (χ2n) is 3.92. The van der Waals surface area contributed by atoms with E-state index in [-0.39, 0.29) is 5.69 Å². The summed E-state index contributed by atoms with van der Waals surface area (Å²) in [6.45, 7) is 0.470. The number of hydrogen-bond donors (Lipinski definition) is 1. The second kappa shape index (κ2) is 5.50. The Morgan fingerprint density at radius 3 is 3.10 bits per heavy atom. The van der Waals surface area contributed by atoms with Crippen molar-refractivity contribution in [1.82, 2.24) is 20.4 Å². The Bertz CT molecular complexity index is 744. The number of thiazole rings is 1. The topological polar surface area (TPSA) is 87.5 Å². The first-order chi connectivity index (χ1) is 9.86. The molecule has 20 heavy (non-hydrogen) atoms. The molecular weight excluding hydrogens is 274 g/mol. The van der Waals surface area contributed by atoms with Gasteiger partial charge in [-0.2, -0.15) is 15.6 Å². The molecule has 0 fully saturated rings. The smallest absolute Gasteiger partial charge is 0.190 e. The SMILES string of the molecule is N#Cc1n[nH]nc1-c1cccc(OCc2cncs2)c1. The van der Waals surface area contributed by atoms with Gasteiger partial charge in [0.05, 0.1) is 10.4 Å². The fourth-order valence-electron chi connectivity index (χ4n) is 1.71. The lowest BCUT2D eigenvalue weighted by atomic mass is 10.1. The van der Waals surface area contributed by atoms with E-state index in [4.69, 9.17) is 10.00 Å². The molecular formula is C13H9N5OS. The van der Waals surface area contributed by atoms with Crippen LogP contribution in [-0.4, -0.2) is 20.4 Å². The minimum atomic E-state index is 0.268. The van der Waals surface area contributed by atoms with Crippen molar-refractivity contribution < 1.29 is 4.74 Å². The molecule has 0 spiro atoms. The van der Waals surface area contributed by atoms with Gasteiger partial charge >= 0.3 is 0 Å². The van der Waals surface area contributed by atoms with E-state index >= 15 is 0 Å². The highest BCUT2D eigenvalue weighted by molar-refractivity contribution is 7.09. The number of rotatable bonds is 4. The number of ether oxygens (including phenoxy) is 1. The maximum atomic E-state index is 8.96. The molecule has 2 aromatic heterocycles. The Balaban J connectivity index is 1.81. The number of aromatic nitrogens is 4. The van der Waals surface area contributed by atoms with Crippen LogP contribution in [0.25, 0.3) is 11.3 Å². The molecule has 0 aliphatic rings. The summed E-state index contributed by atoms with van der Waals surface area (Å²) in [6.07, 6.45) is 1.78. The summed E-state index contributed by atoms with van der Waals surface area (Å²) in [6, 6.07) is 9.40. The van der Waals surface area contributed by atoms with Crippen molar-refractivity contribution in [3.05, 3.63) is 46.5 Å². The summed E-state index contributed by atoms with van der Waals surface area (Å²) in [7, 11) is 0. The van der Waals surface area contributed by atoms with Crippen LogP contribution < -0.4 is 4.74 Å². The average Bonchev–Trinajstić information content (AvgIpc) is 3.16. The highest BCUT2D eigenvalue weighted by atomic mass is 32.1. The van der Waals surface area contributed by atoms with E-state index in [1.54, 1.807) is 23.0 Å². The molecule has 0 atom stereocenters. The Kier molecular flexibility index (Phi) is 3.39. The monoisotopic (exact) mass is 283 g/mol. The number of aromatic amines is 1. The summed E-state index contributed by atoms with van der Waals surface area (Å²) in [4.78, 5) is 5.05. The van der Waals surface area contributed by atoms with Gasteiger partial charge in [-0.1, -0.05) is 12.1 Å². The molecule has 98 valence electrons. The quantitative estimate of drug-likeness (QED) is 0.794. The second-order valence-corrected chi connectivity index (χ2v) is 4.89. The first kappa shape index (κ1) is 12.3. The highest BCUT2D eigenvalue weighted by Gasteiger charge is 2.10. The van der Waals surface area contributed by atoms with Gasteiger partial charge in [0.1, 0.15) is 24.1 Å². The van der Waals surface area contributed by atoms with Crippen LogP contribution in [0.4, 0.5) is 0 Å². The summed E-state index contributed by atoms with van der Waals surface area (Å²) in [5.41, 5.74) is 3.35. The van der Waals surface area contributed by atoms with Gasteiger partial charge in [-0.05, 0) is 12.1 Å². The lowest BCUT2D eigenvalue weighted by molar-refractivity contribution is 0.309. The third-order valence-electron chi connectivity index (χ3n) is 2.63. The number of benzene rings is 1. The molecule has 0 saturated heterocycles. The molecule has 0 radical (unpaired) electrons. The maximum Gasteiger partial charge on any atom is 0.190 e. The number of H-pyrrole nitrogens is 1. The van der Waals surface area contributed by atoms with Crippen LogP contribution in [0.5, 0.6) is 5.75 Å². The molecule has 0 aliphatic carbocycles. The summed E-state index contributed by atoms with van der Waals surface area (Å²) >= 11 is 1.54. The number of nitriles is 1. The zero-order valence-electron chi connectivity index (χ0n) is 10.3. The summed E-state index contributed by atoms with van der Waals surface area (Å²) in [5, 5.41) is 19.2. The van der Waals surface area contributed by atoms with Gasteiger partial charge in [-0.25, -0.2) is 0 Å². The van der Waals surface area contributed by atoms with Gasteiger partial charge in [0.15, 0.2) is 5.69 Å². The third kappa shape index (κ3) is 2.50. The standard InChI is InChI=1S/C13H9N5OS/c14-5-12-13(17-18-16-12)9-2-1-3-10(4-9)19-7-11-6-15-8-20-11/h1-4,6,8H,7H2,(H,16,17,18). The van der Waals surface area contributed by atoms with Crippen molar-refractivity contribution in [3.63, 3.8) is 0 Å². The Morgan fingerprint density at radius 1 is 1.35 bits per heavy atom. The maximum absolute atomic E-state index is 8.96. The highest BCUT2D eigenvalue weighted by Crippen LogP contribution is 2.24. The van der Waals surface area contributed by atoms with Gasteiger partial charge in [-0.3, -0.25) is 4.98 Å². The molecule has 0 aliphatic heterocycles. The van der Waals surface area contributed by atoms with Crippen molar-refractivity contribution in [2.75, 3.05) is 0 Å². The molecule has 0 saturated carbocycles. The van der Waals surface area contributed by atoms with Crippen molar-refractivity contribution in [1.29, 1.82) is 5.26 Å². The van der Waals surface area contributed by atoms with E-state index in [0.29, 0.717) is 18.1 Å². The van der Waals surface area contributed by atoms with E-state index in [9.17, 15) is 0 Å². The number of nitrogens with one attached hydrogen (secondary N) is 1. The lowest BCUT2D eigenvalue weighted by Gasteiger charge is -2.05. The molecule has 2 heterocycles. The van der Waals surface area contributed by atoms with Crippen LogP contribution in [0, 0.1) is 11.3 Å². The molecule has 0 unspecified atom stereocenters. The van der Waals surface area contributed by atoms with Crippen LogP contribution >= 0.6 is 11.3 Å². The zero-order chi connectivity index (χ0) is 13.8. The minimum Gasteiger partial charge on any atom is -0.488 e. The molecule has 0 bridgehead atoms. The summed E-state index contributed by atoms with van der Waals surface area (Å²) in [5.74, 6) is 0.711. The molecule has 3 rings (SSSR count). The van der Waals surface area contributed by atoms with Gasteiger partial charge in [0.25, 0.3) is 0 Å². The van der Waals surface area contributed by atoms with Crippen molar-refractivity contribution in [2.45, 2.75) is 6.61 Å².